The third-order valence-corrected chi connectivity index (χ3v) is 1.45. The minimum Gasteiger partial charge on any atom is -0.411 e. The van der Waals surface area contributed by atoms with E-state index >= 15 is 0 Å². The maximum absolute atomic E-state index is 8.43. The largest absolute Gasteiger partial charge is 0.411 e. The van der Waals surface area contributed by atoms with E-state index in [0.717, 1.165) is 5.56 Å². The highest BCUT2D eigenvalue weighted by Crippen LogP contribution is 2.06. The molecule has 11 heavy (non-hydrogen) atoms. The fourth-order valence-electron chi connectivity index (χ4n) is 0.821. The minimum absolute atomic E-state index is 0.567. The van der Waals surface area contributed by atoms with Crippen LogP contribution in [0.4, 0.5) is 5.69 Å². The number of benzene rings is 1. The van der Waals surface area contributed by atoms with Gasteiger partial charge in [0, 0.05) is 11.3 Å². The minimum atomic E-state index is 0.567. The van der Waals surface area contributed by atoms with Crippen molar-refractivity contribution in [1.29, 1.82) is 0 Å². The first-order valence-corrected chi connectivity index (χ1v) is 3.28. The van der Waals surface area contributed by atoms with Crippen LogP contribution in [0.15, 0.2) is 29.4 Å². The van der Waals surface area contributed by atoms with Gasteiger partial charge in [0.05, 0.1) is 5.71 Å². The number of rotatable bonds is 1. The van der Waals surface area contributed by atoms with Gasteiger partial charge in [-0.1, -0.05) is 17.3 Å². The van der Waals surface area contributed by atoms with Crippen molar-refractivity contribution in [3.05, 3.63) is 29.8 Å². The van der Waals surface area contributed by atoms with Crippen molar-refractivity contribution in [1.82, 2.24) is 0 Å². The summed E-state index contributed by atoms with van der Waals surface area (Å²) in [6, 6.07) is 7.20. The van der Waals surface area contributed by atoms with E-state index in [1.54, 1.807) is 19.1 Å². The van der Waals surface area contributed by atoms with E-state index in [4.69, 9.17) is 10.9 Å². The summed E-state index contributed by atoms with van der Waals surface area (Å²) >= 11 is 0. The van der Waals surface area contributed by atoms with Gasteiger partial charge in [-0.2, -0.15) is 0 Å². The molecule has 1 aromatic carbocycles. The molecule has 0 amide bonds. The van der Waals surface area contributed by atoms with E-state index in [2.05, 4.69) is 5.16 Å². The van der Waals surface area contributed by atoms with Gasteiger partial charge in [0.1, 0.15) is 0 Å². The number of nitrogen functional groups attached to an aromatic ring is 1. The van der Waals surface area contributed by atoms with Gasteiger partial charge in [-0.05, 0) is 19.1 Å². The van der Waals surface area contributed by atoms with Crippen molar-refractivity contribution in [2.45, 2.75) is 6.92 Å². The predicted octanol–water partition coefficient (Wildman–Crippen LogP) is 1.47. The number of hydrogen-bond donors (Lipinski definition) is 2. The molecular weight excluding hydrogens is 140 g/mol. The molecule has 0 atom stereocenters. The first-order chi connectivity index (χ1) is 5.24. The maximum atomic E-state index is 8.43. The molecular formula is C8H10N2O. The molecule has 0 unspecified atom stereocenters. The number of anilines is 1. The molecule has 0 aliphatic rings. The average molecular weight is 150 g/mol. The molecule has 0 bridgehead atoms. The van der Waals surface area contributed by atoms with Crippen molar-refractivity contribution in [2.24, 2.45) is 5.16 Å². The number of hydrogen-bond acceptors (Lipinski definition) is 3. The highest BCUT2D eigenvalue weighted by molar-refractivity contribution is 5.98. The lowest BCUT2D eigenvalue weighted by Gasteiger charge is -1.98. The number of oxime groups is 1. The van der Waals surface area contributed by atoms with Gasteiger partial charge < -0.3 is 10.9 Å². The second-order valence-electron chi connectivity index (χ2n) is 2.31. The van der Waals surface area contributed by atoms with Crippen molar-refractivity contribution in [2.75, 3.05) is 5.73 Å². The van der Waals surface area contributed by atoms with Gasteiger partial charge in [0.25, 0.3) is 0 Å². The lowest BCUT2D eigenvalue weighted by Crippen LogP contribution is -1.95. The molecule has 3 N–H and O–H groups in total. The summed E-state index contributed by atoms with van der Waals surface area (Å²) in [6.45, 7) is 1.72. The summed E-state index contributed by atoms with van der Waals surface area (Å²) < 4.78 is 0. The molecule has 3 nitrogen and oxygen atoms in total. The first-order valence-electron chi connectivity index (χ1n) is 3.28. The van der Waals surface area contributed by atoms with Gasteiger partial charge >= 0.3 is 0 Å². The van der Waals surface area contributed by atoms with Gasteiger partial charge in [-0.15, -0.1) is 0 Å². The van der Waals surface area contributed by atoms with Crippen LogP contribution in [0.2, 0.25) is 0 Å². The molecule has 1 rings (SSSR count). The van der Waals surface area contributed by atoms with Crippen LogP contribution in [0.3, 0.4) is 0 Å². The molecule has 0 aliphatic carbocycles. The van der Waals surface area contributed by atoms with Gasteiger partial charge in [0.2, 0.25) is 0 Å². The highest BCUT2D eigenvalue weighted by Gasteiger charge is 1.95. The Morgan fingerprint density at radius 3 is 2.82 bits per heavy atom. The molecule has 3 heteroatoms. The molecule has 0 radical (unpaired) electrons. The van der Waals surface area contributed by atoms with Crippen LogP contribution in [0.25, 0.3) is 0 Å². The second kappa shape index (κ2) is 3.05. The topological polar surface area (TPSA) is 58.6 Å². The normalized spacial score (nSPS) is 11.5. The zero-order valence-corrected chi connectivity index (χ0v) is 6.28. The first kappa shape index (κ1) is 7.60. The van der Waals surface area contributed by atoms with Gasteiger partial charge in [0.15, 0.2) is 0 Å². The SMILES string of the molecule is C/C(=N\O)c1cccc(N)c1. The molecule has 1 aromatic rings. The third kappa shape index (κ3) is 1.70. The Bertz CT molecular complexity index is 281. The molecule has 0 fully saturated rings. The zero-order valence-electron chi connectivity index (χ0n) is 6.28. The molecule has 0 aromatic heterocycles. The lowest BCUT2D eigenvalue weighted by atomic mass is 10.1. The Morgan fingerprint density at radius 2 is 2.27 bits per heavy atom. The summed E-state index contributed by atoms with van der Waals surface area (Å²) in [5.41, 5.74) is 7.59. The summed E-state index contributed by atoms with van der Waals surface area (Å²) in [5.74, 6) is 0. The quantitative estimate of drug-likeness (QED) is 0.275. The van der Waals surface area contributed by atoms with Crippen LogP contribution in [0.1, 0.15) is 12.5 Å². The molecule has 0 heterocycles. The Balaban J connectivity index is 3.06. The highest BCUT2D eigenvalue weighted by atomic mass is 16.4. The van der Waals surface area contributed by atoms with Crippen LogP contribution < -0.4 is 5.73 Å². The molecule has 0 aliphatic heterocycles. The number of nitrogens with two attached hydrogens (primary N) is 1. The monoisotopic (exact) mass is 150 g/mol. The Hall–Kier alpha value is -1.51. The summed E-state index contributed by atoms with van der Waals surface area (Å²) in [6.07, 6.45) is 0. The summed E-state index contributed by atoms with van der Waals surface area (Å²) in [5, 5.41) is 11.5. The zero-order chi connectivity index (χ0) is 8.27. The van der Waals surface area contributed by atoms with Crippen molar-refractivity contribution < 1.29 is 5.21 Å². The Kier molecular flexibility index (Phi) is 2.11. The number of nitrogens with zero attached hydrogens (tertiary/aromatic N) is 1. The fraction of sp³-hybridized carbons (Fsp3) is 0.125. The van der Waals surface area contributed by atoms with Crippen LogP contribution in [-0.2, 0) is 0 Å². The van der Waals surface area contributed by atoms with E-state index in [0.29, 0.717) is 11.4 Å². The van der Waals surface area contributed by atoms with Crippen LogP contribution in [0, 0.1) is 0 Å². The Morgan fingerprint density at radius 1 is 1.55 bits per heavy atom. The predicted molar refractivity (Wildman–Crippen MR) is 44.9 cm³/mol. The molecule has 0 saturated carbocycles. The fourth-order valence-corrected chi connectivity index (χ4v) is 0.821. The van der Waals surface area contributed by atoms with E-state index in [-0.39, 0.29) is 0 Å². The van der Waals surface area contributed by atoms with E-state index in [9.17, 15) is 0 Å². The summed E-state index contributed by atoms with van der Waals surface area (Å²) in [7, 11) is 0. The molecule has 58 valence electrons. The second-order valence-corrected chi connectivity index (χ2v) is 2.31. The maximum Gasteiger partial charge on any atom is 0.0837 e. The van der Waals surface area contributed by atoms with Crippen molar-refractivity contribution in [3.8, 4) is 0 Å². The molecule has 0 saturated heterocycles. The van der Waals surface area contributed by atoms with Crippen LogP contribution in [0.5, 0.6) is 0 Å². The van der Waals surface area contributed by atoms with Crippen molar-refractivity contribution in [3.63, 3.8) is 0 Å². The smallest absolute Gasteiger partial charge is 0.0837 e. The lowest BCUT2D eigenvalue weighted by molar-refractivity contribution is 0.319. The third-order valence-electron chi connectivity index (χ3n) is 1.45. The van der Waals surface area contributed by atoms with E-state index in [1.165, 1.54) is 0 Å². The van der Waals surface area contributed by atoms with Crippen LogP contribution in [-0.4, -0.2) is 10.9 Å². The van der Waals surface area contributed by atoms with E-state index < -0.39 is 0 Å². The van der Waals surface area contributed by atoms with Crippen molar-refractivity contribution >= 4 is 11.4 Å². The Labute approximate surface area is 65.1 Å². The summed E-state index contributed by atoms with van der Waals surface area (Å²) in [4.78, 5) is 0. The standard InChI is InChI=1S/C8H10N2O/c1-6(10-11)7-3-2-4-8(9)5-7/h2-5,11H,9H2,1H3/b10-6+. The van der Waals surface area contributed by atoms with Crippen LogP contribution >= 0.6 is 0 Å². The average Bonchev–Trinajstić information content (AvgIpc) is 2.03. The van der Waals surface area contributed by atoms with E-state index in [1.807, 2.05) is 12.1 Å². The molecule has 0 spiro atoms. The van der Waals surface area contributed by atoms with Gasteiger partial charge in [-0.3, -0.25) is 0 Å². The van der Waals surface area contributed by atoms with Gasteiger partial charge in [-0.25, -0.2) is 0 Å².